The molecule has 0 bridgehead atoms. The van der Waals surface area contributed by atoms with E-state index in [1.165, 1.54) is 11.0 Å². The number of carbonyl (C=O) groups excluding carboxylic acids is 4. The minimum absolute atomic E-state index is 0.0325. The number of hydrogen-bond donors (Lipinski definition) is 2. The molecule has 8 aliphatic rings. The van der Waals surface area contributed by atoms with Crippen LogP contribution in [0.5, 0.6) is 11.5 Å². The Labute approximate surface area is 369 Å². The Morgan fingerprint density at radius 1 is 1.02 bits per heavy atom. The maximum Gasteiger partial charge on any atom is 0.437 e. The lowest BCUT2D eigenvalue weighted by Crippen LogP contribution is -2.57. The van der Waals surface area contributed by atoms with E-state index < -0.39 is 91.1 Å². The van der Waals surface area contributed by atoms with Crippen LogP contribution in [0.2, 0.25) is 0 Å². The van der Waals surface area contributed by atoms with Crippen LogP contribution in [0.25, 0.3) is 10.9 Å². The summed E-state index contributed by atoms with van der Waals surface area (Å²) in [6.07, 6.45) is 4.00. The van der Waals surface area contributed by atoms with Crippen molar-refractivity contribution in [3.63, 3.8) is 0 Å². The number of ether oxygens (including phenoxy) is 4. The molecule has 3 saturated carbocycles. The van der Waals surface area contributed by atoms with E-state index in [1.54, 1.807) is 12.1 Å². The van der Waals surface area contributed by atoms with Gasteiger partial charge in [0.25, 0.3) is 15.9 Å². The predicted molar refractivity (Wildman–Crippen MR) is 222 cm³/mol. The molecular weight excluding hydrogens is 860 g/mol. The molecule has 10 rings (SSSR count). The Hall–Kier alpha value is -4.65. The number of halogens is 3. The highest BCUT2D eigenvalue weighted by atomic mass is 32.2. The second-order valence-corrected chi connectivity index (χ2v) is 21.6. The van der Waals surface area contributed by atoms with Gasteiger partial charge in [-0.15, -0.1) is 0 Å². The van der Waals surface area contributed by atoms with Gasteiger partial charge in [0.2, 0.25) is 11.8 Å². The van der Waals surface area contributed by atoms with Gasteiger partial charge in [-0.05, 0) is 88.3 Å². The van der Waals surface area contributed by atoms with E-state index in [9.17, 15) is 27.6 Å². The molecule has 1 aromatic carbocycles. The van der Waals surface area contributed by atoms with Crippen molar-refractivity contribution in [3.8, 4) is 11.5 Å². The quantitative estimate of drug-likeness (QED) is 0.263. The average molecular weight is 914 g/mol. The number of sulfonamides is 1. The van der Waals surface area contributed by atoms with Crippen LogP contribution < -0.4 is 20.1 Å². The van der Waals surface area contributed by atoms with Crippen LogP contribution in [0.3, 0.4) is 0 Å². The first-order chi connectivity index (χ1) is 30.4. The molecular formula is C45H54F3N5O10S. The zero-order valence-corrected chi connectivity index (χ0v) is 36.8. The fraction of sp³-hybridized carbons (Fsp3) is 0.667. The number of amides is 4. The van der Waals surface area contributed by atoms with Gasteiger partial charge in [-0.1, -0.05) is 38.8 Å². The number of carbonyl (C=O) groups is 4. The third-order valence-electron chi connectivity index (χ3n) is 15.0. The molecule has 5 aliphatic heterocycles. The predicted octanol–water partition coefficient (Wildman–Crippen LogP) is 5.82. The van der Waals surface area contributed by atoms with E-state index in [1.807, 2.05) is 26.0 Å². The van der Waals surface area contributed by atoms with Crippen molar-refractivity contribution in [1.29, 1.82) is 0 Å². The number of pyridine rings is 1. The highest BCUT2D eigenvalue weighted by Crippen LogP contribution is 2.64. The Bertz CT molecular complexity index is 2430. The minimum atomic E-state index is -4.94. The van der Waals surface area contributed by atoms with Crippen LogP contribution in [-0.2, 0) is 46.5 Å². The van der Waals surface area contributed by atoms with Gasteiger partial charge in [-0.2, -0.15) is 13.2 Å². The fourth-order valence-corrected chi connectivity index (χ4v) is 12.7. The average Bonchev–Trinajstić information content (AvgIpc) is 4.17. The smallest absolute Gasteiger partial charge is 0.437 e. The number of aromatic nitrogens is 1. The largest absolute Gasteiger partial charge is 0.490 e. The summed E-state index contributed by atoms with van der Waals surface area (Å²) in [4.78, 5) is 61.7. The number of rotatable bonds is 6. The molecule has 0 unspecified atom stereocenters. The summed E-state index contributed by atoms with van der Waals surface area (Å²) in [6.45, 7) is 4.65. The van der Waals surface area contributed by atoms with Gasteiger partial charge in [0.05, 0.1) is 25.3 Å². The van der Waals surface area contributed by atoms with Crippen LogP contribution in [0.1, 0.15) is 115 Å². The molecule has 1 aromatic heterocycles. The third-order valence-corrected chi connectivity index (χ3v) is 17.3. The number of alkyl halides is 3. The number of nitrogens with zero attached hydrogens (tertiary/aromatic N) is 3. The molecule has 4 amide bonds. The first-order valence-corrected chi connectivity index (χ1v) is 24.2. The number of hydrogen-bond acceptors (Lipinski definition) is 11. The van der Waals surface area contributed by atoms with Gasteiger partial charge in [0.1, 0.15) is 40.7 Å². The number of benzene rings is 1. The molecule has 0 radical (unpaired) electrons. The zero-order valence-electron chi connectivity index (χ0n) is 36.0. The van der Waals surface area contributed by atoms with Gasteiger partial charge < -0.3 is 34.5 Å². The summed E-state index contributed by atoms with van der Waals surface area (Å²) in [5.74, 6) is -2.67. The van der Waals surface area contributed by atoms with Crippen LogP contribution in [-0.4, -0.2) is 106 Å². The standard InChI is InChI=1S/C45H54F3N5O10S/c1-26(2)42(16-17-42)63-40(57)50-33-9-7-5-3-4-6-8-27-23-44(27,39(56)53-43(18-19-43)64(53,58)59)51-37(54)34-24-41(25-52(34)38(33)55)15-12-30-31-22-29(61-28-13-20-60-21-14-28)10-11-32(31)49-36(35(30)62-41)45(46,47)48/h6,8,10-11,22,26-28,33-34H,3-5,7,9,12-21,23-25H2,1-2H3,(H,50,57)(H,51,54)/b8-6-/t27-,33+,34+,41-,44-,53?/m1/s1. The van der Waals surface area contributed by atoms with Crippen molar-refractivity contribution in [3.05, 3.63) is 41.6 Å². The van der Waals surface area contributed by atoms with Gasteiger partial charge in [-0.25, -0.2) is 22.5 Å². The molecule has 6 heterocycles. The van der Waals surface area contributed by atoms with Crippen molar-refractivity contribution in [2.24, 2.45) is 11.8 Å². The van der Waals surface area contributed by atoms with E-state index in [-0.39, 0.29) is 61.8 Å². The van der Waals surface area contributed by atoms with Crippen LogP contribution in [0, 0.1) is 11.8 Å². The second kappa shape index (κ2) is 15.2. The van der Waals surface area contributed by atoms with Crippen molar-refractivity contribution in [1.82, 2.24) is 24.8 Å². The molecule has 64 heavy (non-hydrogen) atoms. The molecule has 19 heteroatoms. The Morgan fingerprint density at radius 2 is 1.78 bits per heavy atom. The van der Waals surface area contributed by atoms with E-state index in [4.69, 9.17) is 18.9 Å². The zero-order chi connectivity index (χ0) is 45.0. The van der Waals surface area contributed by atoms with Crippen molar-refractivity contribution < 1.29 is 59.7 Å². The summed E-state index contributed by atoms with van der Waals surface area (Å²) in [6, 6.07) is 2.23. The van der Waals surface area contributed by atoms with Gasteiger partial charge in [-0.3, -0.25) is 14.4 Å². The monoisotopic (exact) mass is 913 g/mol. The van der Waals surface area contributed by atoms with Crippen LogP contribution in [0.4, 0.5) is 18.0 Å². The number of allylic oxidation sites excluding steroid dienone is 1. The Kier molecular flexibility index (Phi) is 10.3. The molecule has 3 saturated heterocycles. The normalized spacial score (nSPS) is 32.0. The molecule has 2 N–H and O–H groups in total. The summed E-state index contributed by atoms with van der Waals surface area (Å²) >= 11 is 0. The first-order valence-electron chi connectivity index (χ1n) is 22.8. The highest BCUT2D eigenvalue weighted by molar-refractivity contribution is 7.98. The molecule has 2 spiro atoms. The Morgan fingerprint density at radius 3 is 2.47 bits per heavy atom. The lowest BCUT2D eigenvalue weighted by atomic mass is 9.87. The highest BCUT2D eigenvalue weighted by Gasteiger charge is 2.83. The van der Waals surface area contributed by atoms with E-state index in [0.717, 1.165) is 10.7 Å². The fourth-order valence-electron chi connectivity index (χ4n) is 10.6. The van der Waals surface area contributed by atoms with Crippen molar-refractivity contribution >= 4 is 44.7 Å². The van der Waals surface area contributed by atoms with Crippen molar-refractivity contribution in [2.45, 2.75) is 156 Å². The number of fused-ring (bicyclic) bond motifs is 5. The van der Waals surface area contributed by atoms with Gasteiger partial charge in [0.15, 0.2) is 16.3 Å². The van der Waals surface area contributed by atoms with Crippen molar-refractivity contribution in [2.75, 3.05) is 19.8 Å². The van der Waals surface area contributed by atoms with E-state index in [2.05, 4.69) is 15.6 Å². The lowest BCUT2D eigenvalue weighted by molar-refractivity contribution is -0.144. The Balaban J connectivity index is 1.00. The molecule has 5 atom stereocenters. The molecule has 15 nitrogen and oxygen atoms in total. The third kappa shape index (κ3) is 7.36. The first kappa shape index (κ1) is 43.3. The minimum Gasteiger partial charge on any atom is -0.490 e. The van der Waals surface area contributed by atoms with E-state index >= 15 is 13.2 Å². The second-order valence-electron chi connectivity index (χ2n) is 19.5. The summed E-state index contributed by atoms with van der Waals surface area (Å²) in [7, 11) is -3.86. The van der Waals surface area contributed by atoms with Crippen LogP contribution >= 0.6 is 0 Å². The van der Waals surface area contributed by atoms with Gasteiger partial charge in [0, 0.05) is 36.1 Å². The molecule has 2 aromatic rings. The SMILES string of the molecule is CC(C)C1(OC(=O)N[C@H]2CCCCC/C=C\[C@@H]3C[C@@]3(C(=O)N3C4(CC4)S3(=O)=O)NC(=O)[C@@H]3C[C@]4(CCc5c(c(C(F)(F)F)nc6ccc(OC7CCOCC7)cc56)O4)CN3C2=O)CC1. The number of alkyl carbamates (subject to hydrolysis) is 1. The maximum atomic E-state index is 15.0. The van der Waals surface area contributed by atoms with Gasteiger partial charge >= 0.3 is 12.3 Å². The maximum absolute atomic E-state index is 15.0. The molecule has 6 fully saturated rings. The molecule has 346 valence electrons. The molecule has 3 aliphatic carbocycles. The summed E-state index contributed by atoms with van der Waals surface area (Å²) in [5.41, 5.74) is -4.64. The summed E-state index contributed by atoms with van der Waals surface area (Å²) < 4.78 is 96.1. The lowest BCUT2D eigenvalue weighted by Gasteiger charge is -2.37. The topological polar surface area (TPSA) is 183 Å². The van der Waals surface area contributed by atoms with E-state index in [0.29, 0.717) is 82.1 Å². The van der Waals surface area contributed by atoms with Crippen LogP contribution in [0.15, 0.2) is 30.4 Å². The summed E-state index contributed by atoms with van der Waals surface area (Å²) in [5, 5.41) is 6.08. The number of nitrogens with one attached hydrogen (secondary N) is 2. The number of aryl methyl sites for hydroxylation is 1.